The molecule has 0 fully saturated rings. The van der Waals surface area contributed by atoms with Crippen molar-refractivity contribution in [3.8, 4) is 5.69 Å². The lowest BCUT2D eigenvalue weighted by Crippen LogP contribution is -2.13. The van der Waals surface area contributed by atoms with Gasteiger partial charge in [0.2, 0.25) is 0 Å². The summed E-state index contributed by atoms with van der Waals surface area (Å²) in [5, 5.41) is 13.3. The molecule has 21 heavy (non-hydrogen) atoms. The summed E-state index contributed by atoms with van der Waals surface area (Å²) in [5.41, 5.74) is 2.61. The largest absolute Gasteiger partial charge is 0.311 e. The summed E-state index contributed by atoms with van der Waals surface area (Å²) >= 11 is 6.21. The fraction of sp³-hybridized carbons (Fsp3) is 0.267. The number of rotatable bonds is 5. The van der Waals surface area contributed by atoms with Gasteiger partial charge in [0.1, 0.15) is 0 Å². The van der Waals surface area contributed by atoms with Crippen LogP contribution in [0.5, 0.6) is 0 Å². The number of fused-ring (bicyclic) bond motifs is 1. The summed E-state index contributed by atoms with van der Waals surface area (Å²) in [6.07, 6.45) is 4.77. The Kier molecular flexibility index (Phi) is 4.13. The van der Waals surface area contributed by atoms with E-state index in [9.17, 15) is 0 Å². The Morgan fingerprint density at radius 3 is 3.05 bits per heavy atom. The van der Waals surface area contributed by atoms with Crippen LogP contribution in [0.2, 0.25) is 5.02 Å². The van der Waals surface area contributed by atoms with Crippen LogP contribution in [0.25, 0.3) is 16.6 Å². The van der Waals surface area contributed by atoms with Crippen LogP contribution in [0, 0.1) is 0 Å². The van der Waals surface area contributed by atoms with Crippen LogP contribution in [-0.4, -0.2) is 26.5 Å². The highest BCUT2D eigenvalue weighted by molar-refractivity contribution is 6.35. The van der Waals surface area contributed by atoms with E-state index in [-0.39, 0.29) is 0 Å². The third-order valence-electron chi connectivity index (χ3n) is 3.22. The first-order valence-electron chi connectivity index (χ1n) is 6.95. The maximum Gasteiger partial charge on any atom is 0.0974 e. The molecule has 0 amide bonds. The van der Waals surface area contributed by atoms with Crippen LogP contribution in [0.4, 0.5) is 0 Å². The summed E-state index contributed by atoms with van der Waals surface area (Å²) in [7, 11) is 0. The maximum absolute atomic E-state index is 6.21. The van der Waals surface area contributed by atoms with Gasteiger partial charge < -0.3 is 5.32 Å². The molecule has 0 spiro atoms. The molecule has 1 aromatic carbocycles. The van der Waals surface area contributed by atoms with Gasteiger partial charge in [-0.25, -0.2) is 4.68 Å². The SMILES string of the molecule is CCCNCc1cn(-c2ccc(Cl)c3cccnc23)nn1. The monoisotopic (exact) mass is 301 g/mol. The van der Waals surface area contributed by atoms with E-state index in [4.69, 9.17) is 11.6 Å². The highest BCUT2D eigenvalue weighted by Gasteiger charge is 2.09. The quantitative estimate of drug-likeness (QED) is 0.736. The third kappa shape index (κ3) is 2.89. The standard InChI is InChI=1S/C15H16ClN5/c1-2-7-17-9-11-10-21(20-19-11)14-6-5-13(16)12-4-3-8-18-15(12)14/h3-6,8,10,17H,2,7,9H2,1H3. The van der Waals surface area contributed by atoms with Crippen molar-refractivity contribution < 1.29 is 0 Å². The van der Waals surface area contributed by atoms with Crippen molar-refractivity contribution in [1.82, 2.24) is 25.3 Å². The van der Waals surface area contributed by atoms with Crippen LogP contribution < -0.4 is 5.32 Å². The van der Waals surface area contributed by atoms with Crippen LogP contribution in [0.15, 0.2) is 36.7 Å². The lowest BCUT2D eigenvalue weighted by atomic mass is 10.2. The van der Waals surface area contributed by atoms with Crippen LogP contribution in [0.1, 0.15) is 19.0 Å². The van der Waals surface area contributed by atoms with Gasteiger partial charge in [-0.2, -0.15) is 0 Å². The second-order valence-electron chi connectivity index (χ2n) is 4.80. The molecule has 108 valence electrons. The number of pyridine rings is 1. The zero-order valence-corrected chi connectivity index (χ0v) is 12.5. The normalized spacial score (nSPS) is 11.1. The smallest absolute Gasteiger partial charge is 0.0974 e. The van der Waals surface area contributed by atoms with E-state index in [0.717, 1.165) is 35.2 Å². The molecule has 0 atom stereocenters. The van der Waals surface area contributed by atoms with E-state index in [0.29, 0.717) is 11.6 Å². The zero-order valence-electron chi connectivity index (χ0n) is 11.8. The molecule has 0 aliphatic rings. The molecule has 0 saturated carbocycles. The van der Waals surface area contributed by atoms with E-state index >= 15 is 0 Å². The van der Waals surface area contributed by atoms with Crippen LogP contribution in [0.3, 0.4) is 0 Å². The Labute approximate surface area is 127 Å². The molecule has 6 heteroatoms. The van der Waals surface area contributed by atoms with Crippen LogP contribution in [-0.2, 0) is 6.54 Å². The van der Waals surface area contributed by atoms with Gasteiger partial charge in [-0.1, -0.05) is 23.7 Å². The van der Waals surface area contributed by atoms with Crippen molar-refractivity contribution in [2.75, 3.05) is 6.54 Å². The molecule has 0 bridgehead atoms. The highest BCUT2D eigenvalue weighted by atomic mass is 35.5. The Hall–Kier alpha value is -1.98. The Bertz CT molecular complexity index is 753. The molecule has 2 aromatic heterocycles. The molecule has 0 aliphatic carbocycles. The number of halogens is 1. The second kappa shape index (κ2) is 6.20. The summed E-state index contributed by atoms with van der Waals surface area (Å²) < 4.78 is 1.74. The molecule has 1 N–H and O–H groups in total. The molecule has 3 aromatic rings. The number of benzene rings is 1. The molecule has 0 unspecified atom stereocenters. The predicted octanol–water partition coefficient (Wildman–Crippen LogP) is 2.97. The first kappa shape index (κ1) is 14.0. The number of hydrogen-bond acceptors (Lipinski definition) is 4. The average Bonchev–Trinajstić information content (AvgIpc) is 2.97. The lowest BCUT2D eigenvalue weighted by molar-refractivity contribution is 0.662. The van der Waals surface area contributed by atoms with E-state index < -0.39 is 0 Å². The number of aromatic nitrogens is 4. The van der Waals surface area contributed by atoms with E-state index in [1.807, 2.05) is 30.5 Å². The maximum atomic E-state index is 6.21. The van der Waals surface area contributed by atoms with Gasteiger partial charge in [0.15, 0.2) is 0 Å². The van der Waals surface area contributed by atoms with Gasteiger partial charge in [-0.15, -0.1) is 5.10 Å². The Morgan fingerprint density at radius 2 is 2.19 bits per heavy atom. The van der Waals surface area contributed by atoms with Crippen molar-refractivity contribution in [1.29, 1.82) is 0 Å². The summed E-state index contributed by atoms with van der Waals surface area (Å²) in [6, 6.07) is 7.60. The fourth-order valence-electron chi connectivity index (χ4n) is 2.20. The lowest BCUT2D eigenvalue weighted by Gasteiger charge is -2.06. The first-order chi connectivity index (χ1) is 10.3. The average molecular weight is 302 g/mol. The topological polar surface area (TPSA) is 55.6 Å². The molecule has 5 nitrogen and oxygen atoms in total. The van der Waals surface area contributed by atoms with Crippen molar-refractivity contribution >= 4 is 22.5 Å². The van der Waals surface area contributed by atoms with Gasteiger partial charge in [-0.3, -0.25) is 4.98 Å². The van der Waals surface area contributed by atoms with E-state index in [1.165, 1.54) is 0 Å². The van der Waals surface area contributed by atoms with E-state index in [1.54, 1.807) is 10.9 Å². The summed E-state index contributed by atoms with van der Waals surface area (Å²) in [5.74, 6) is 0. The van der Waals surface area contributed by atoms with Gasteiger partial charge in [0.25, 0.3) is 0 Å². The highest BCUT2D eigenvalue weighted by Crippen LogP contribution is 2.26. The minimum Gasteiger partial charge on any atom is -0.311 e. The molecule has 0 radical (unpaired) electrons. The van der Waals surface area contributed by atoms with Gasteiger partial charge >= 0.3 is 0 Å². The van der Waals surface area contributed by atoms with Crippen molar-refractivity contribution in [3.05, 3.63) is 47.4 Å². The zero-order chi connectivity index (χ0) is 14.7. The van der Waals surface area contributed by atoms with Crippen molar-refractivity contribution in [3.63, 3.8) is 0 Å². The molecule has 0 saturated heterocycles. The molecular weight excluding hydrogens is 286 g/mol. The van der Waals surface area contributed by atoms with Crippen LogP contribution >= 0.6 is 11.6 Å². The molecule has 2 heterocycles. The van der Waals surface area contributed by atoms with E-state index in [2.05, 4.69) is 27.5 Å². The Balaban J connectivity index is 1.96. The number of nitrogens with one attached hydrogen (secondary N) is 1. The Morgan fingerprint density at radius 1 is 1.29 bits per heavy atom. The minimum atomic E-state index is 0.687. The number of hydrogen-bond donors (Lipinski definition) is 1. The van der Waals surface area contributed by atoms with Gasteiger partial charge in [0.05, 0.1) is 28.1 Å². The van der Waals surface area contributed by atoms with Gasteiger partial charge in [0, 0.05) is 18.1 Å². The van der Waals surface area contributed by atoms with Crippen molar-refractivity contribution in [2.24, 2.45) is 0 Å². The summed E-state index contributed by atoms with van der Waals surface area (Å²) in [4.78, 5) is 4.41. The summed E-state index contributed by atoms with van der Waals surface area (Å²) in [6.45, 7) is 3.82. The first-order valence-corrected chi connectivity index (χ1v) is 7.33. The molecular formula is C15H16ClN5. The number of nitrogens with zero attached hydrogens (tertiary/aromatic N) is 4. The molecule has 3 rings (SSSR count). The fourth-order valence-corrected chi connectivity index (χ4v) is 2.41. The minimum absolute atomic E-state index is 0.687. The third-order valence-corrected chi connectivity index (χ3v) is 3.55. The van der Waals surface area contributed by atoms with Gasteiger partial charge in [-0.05, 0) is 37.2 Å². The van der Waals surface area contributed by atoms with Crippen molar-refractivity contribution in [2.45, 2.75) is 19.9 Å². The molecule has 0 aliphatic heterocycles. The predicted molar refractivity (Wildman–Crippen MR) is 83.7 cm³/mol. The second-order valence-corrected chi connectivity index (χ2v) is 5.20.